The van der Waals surface area contributed by atoms with Crippen LogP contribution in [-0.4, -0.2) is 29.1 Å². The minimum absolute atomic E-state index is 0.484. The summed E-state index contributed by atoms with van der Waals surface area (Å²) in [6.45, 7) is 0. The van der Waals surface area contributed by atoms with E-state index in [1.54, 1.807) is 0 Å². The molecular weight excluding hydrogens is 725 g/mol. The van der Waals surface area contributed by atoms with E-state index < -0.39 is 0 Å². The van der Waals surface area contributed by atoms with Gasteiger partial charge in [0.05, 0.1) is 27.6 Å². The summed E-state index contributed by atoms with van der Waals surface area (Å²) in [5.74, 6) is 2.07. The molecule has 0 atom stereocenters. The molecule has 0 saturated carbocycles. The van der Waals surface area contributed by atoms with Crippen molar-refractivity contribution in [1.29, 1.82) is 0 Å². The molecule has 0 unspecified atom stereocenters. The Labute approximate surface area is 338 Å². The normalized spacial score (nSPS) is 11.7. The summed E-state index contributed by atoms with van der Waals surface area (Å²) in [7, 11) is 0. The van der Waals surface area contributed by atoms with Gasteiger partial charge in [-0.2, -0.15) is 9.97 Å². The first kappa shape index (κ1) is 33.0. The zero-order valence-electron chi connectivity index (χ0n) is 31.6. The molecule has 0 spiro atoms. The molecule has 0 N–H and O–H groups in total. The van der Waals surface area contributed by atoms with Crippen molar-refractivity contribution in [2.45, 2.75) is 0 Å². The Balaban J connectivity index is 1.19. The molecule has 4 aromatic heterocycles. The second-order valence-corrected chi connectivity index (χ2v) is 14.7. The lowest BCUT2D eigenvalue weighted by atomic mass is 10.0. The van der Waals surface area contributed by atoms with Crippen molar-refractivity contribution in [3.05, 3.63) is 194 Å². The van der Waals surface area contributed by atoms with E-state index in [-0.39, 0.29) is 0 Å². The lowest BCUT2D eigenvalue weighted by molar-refractivity contribution is 0.620. The fourth-order valence-corrected chi connectivity index (χ4v) is 8.57. The molecule has 0 amide bonds. The Bertz CT molecular complexity index is 3550. The first-order chi connectivity index (χ1) is 29.3. The van der Waals surface area contributed by atoms with Crippen LogP contribution in [-0.2, 0) is 0 Å². The molecule has 0 aliphatic rings. The predicted octanol–water partition coefficient (Wildman–Crippen LogP) is 12.9. The maximum atomic E-state index is 6.57. The Morgan fingerprint density at radius 2 is 0.932 bits per heavy atom. The van der Waals surface area contributed by atoms with Crippen molar-refractivity contribution < 1.29 is 4.42 Å². The number of hydrogen-bond acceptors (Lipinski definition) is 5. The molecule has 8 aromatic carbocycles. The van der Waals surface area contributed by atoms with Crippen molar-refractivity contribution >= 4 is 54.7 Å². The van der Waals surface area contributed by atoms with Crippen LogP contribution in [0.2, 0.25) is 0 Å². The highest BCUT2D eigenvalue weighted by Crippen LogP contribution is 2.42. The van der Waals surface area contributed by atoms with Gasteiger partial charge in [0.1, 0.15) is 5.52 Å². The van der Waals surface area contributed by atoms with Crippen LogP contribution in [0, 0.1) is 0 Å². The first-order valence-corrected chi connectivity index (χ1v) is 19.7. The van der Waals surface area contributed by atoms with Gasteiger partial charge < -0.3 is 8.98 Å². The third kappa shape index (κ3) is 5.29. The molecule has 0 aliphatic carbocycles. The van der Waals surface area contributed by atoms with E-state index in [0.717, 1.165) is 77.2 Å². The summed E-state index contributed by atoms with van der Waals surface area (Å²) < 4.78 is 11.2. The Morgan fingerprint density at radius 1 is 0.373 bits per heavy atom. The summed E-state index contributed by atoms with van der Waals surface area (Å²) in [5.41, 5.74) is 11.3. The highest BCUT2D eigenvalue weighted by atomic mass is 16.3. The molecule has 7 heteroatoms. The minimum atomic E-state index is 0.484. The van der Waals surface area contributed by atoms with E-state index in [1.807, 2.05) is 54.6 Å². The fourth-order valence-electron chi connectivity index (χ4n) is 8.57. The van der Waals surface area contributed by atoms with Crippen LogP contribution in [0.3, 0.4) is 0 Å². The van der Waals surface area contributed by atoms with Gasteiger partial charge in [-0.05, 0) is 65.7 Å². The Kier molecular flexibility index (Phi) is 7.40. The van der Waals surface area contributed by atoms with E-state index >= 15 is 0 Å². The van der Waals surface area contributed by atoms with Gasteiger partial charge in [-0.3, -0.25) is 4.57 Å². The maximum absolute atomic E-state index is 6.57. The van der Waals surface area contributed by atoms with Gasteiger partial charge in [0.15, 0.2) is 17.2 Å². The summed E-state index contributed by atoms with van der Waals surface area (Å²) in [6.07, 6.45) is 0. The summed E-state index contributed by atoms with van der Waals surface area (Å²) in [6, 6.07) is 66.9. The smallest absolute Gasteiger partial charge is 0.238 e. The van der Waals surface area contributed by atoms with Gasteiger partial charge in [0, 0.05) is 38.4 Å². The molecule has 0 fully saturated rings. The van der Waals surface area contributed by atoms with Gasteiger partial charge in [-0.1, -0.05) is 140 Å². The van der Waals surface area contributed by atoms with Gasteiger partial charge >= 0.3 is 0 Å². The third-order valence-corrected chi connectivity index (χ3v) is 11.2. The minimum Gasteiger partial charge on any atom is -0.435 e. The molecule has 276 valence electrons. The number of nitrogens with zero attached hydrogens (tertiary/aromatic N) is 6. The van der Waals surface area contributed by atoms with Crippen molar-refractivity contribution in [2.75, 3.05) is 0 Å². The standard InChI is InChI=1S/C52H32N6O/c1-4-16-33(17-5-1)35-20-14-21-36(32-35)49-54-50(42-26-15-27-43-48(42)59-51(53-43)34-18-6-2-7-19-34)56-52(55-49)58-45-29-13-11-25-39(45)41-31-30-40-38-24-10-12-28-44(38)57(46(40)47(41)58)37-22-8-3-9-23-37/h1-32H. The van der Waals surface area contributed by atoms with Gasteiger partial charge in [-0.25, -0.2) is 9.97 Å². The second-order valence-electron chi connectivity index (χ2n) is 14.7. The van der Waals surface area contributed by atoms with E-state index in [4.69, 9.17) is 24.4 Å². The van der Waals surface area contributed by atoms with Gasteiger partial charge in [0.2, 0.25) is 11.8 Å². The van der Waals surface area contributed by atoms with E-state index in [9.17, 15) is 0 Å². The average molecular weight is 757 g/mol. The van der Waals surface area contributed by atoms with Crippen LogP contribution in [0.15, 0.2) is 199 Å². The van der Waals surface area contributed by atoms with E-state index in [2.05, 4.69) is 149 Å². The predicted molar refractivity (Wildman–Crippen MR) is 238 cm³/mol. The summed E-state index contributed by atoms with van der Waals surface area (Å²) in [4.78, 5) is 20.9. The van der Waals surface area contributed by atoms with Crippen molar-refractivity contribution in [3.63, 3.8) is 0 Å². The van der Waals surface area contributed by atoms with Crippen molar-refractivity contribution in [3.8, 4) is 57.0 Å². The molecule has 59 heavy (non-hydrogen) atoms. The summed E-state index contributed by atoms with van der Waals surface area (Å²) in [5, 5.41) is 4.53. The highest BCUT2D eigenvalue weighted by molar-refractivity contribution is 6.23. The fraction of sp³-hybridized carbons (Fsp3) is 0. The number of benzene rings is 8. The monoisotopic (exact) mass is 756 g/mol. The summed E-state index contributed by atoms with van der Waals surface area (Å²) >= 11 is 0. The number of para-hydroxylation sites is 4. The Morgan fingerprint density at radius 3 is 1.66 bits per heavy atom. The highest BCUT2D eigenvalue weighted by Gasteiger charge is 2.24. The Hall–Kier alpha value is -8.16. The molecule has 0 bridgehead atoms. The van der Waals surface area contributed by atoms with Crippen LogP contribution in [0.1, 0.15) is 0 Å². The average Bonchev–Trinajstić information content (AvgIpc) is 4.00. The van der Waals surface area contributed by atoms with Crippen molar-refractivity contribution in [2.24, 2.45) is 0 Å². The number of aromatic nitrogens is 6. The van der Waals surface area contributed by atoms with E-state index in [0.29, 0.717) is 29.1 Å². The number of hydrogen-bond donors (Lipinski definition) is 0. The SMILES string of the molecule is c1ccc(-c2cccc(-c3nc(-c4cccc5nc(-c6ccccc6)oc45)nc(-n4c5ccccc5c5ccc6c7ccccc7n(-c7ccccc7)c6c54)n3)c2)cc1. The largest absolute Gasteiger partial charge is 0.435 e. The zero-order chi connectivity index (χ0) is 38.9. The lowest BCUT2D eigenvalue weighted by Crippen LogP contribution is -2.07. The van der Waals surface area contributed by atoms with Crippen LogP contribution >= 0.6 is 0 Å². The third-order valence-electron chi connectivity index (χ3n) is 11.2. The zero-order valence-corrected chi connectivity index (χ0v) is 31.6. The van der Waals surface area contributed by atoms with Crippen LogP contribution in [0.25, 0.3) is 112 Å². The number of rotatable bonds is 6. The first-order valence-electron chi connectivity index (χ1n) is 19.7. The lowest BCUT2D eigenvalue weighted by Gasteiger charge is -2.13. The molecule has 12 aromatic rings. The van der Waals surface area contributed by atoms with E-state index in [1.165, 1.54) is 5.39 Å². The molecular formula is C52H32N6O. The molecule has 0 aliphatic heterocycles. The molecule has 4 heterocycles. The maximum Gasteiger partial charge on any atom is 0.238 e. The molecule has 12 rings (SSSR count). The molecule has 7 nitrogen and oxygen atoms in total. The van der Waals surface area contributed by atoms with Crippen LogP contribution in [0.4, 0.5) is 0 Å². The molecule has 0 radical (unpaired) electrons. The topological polar surface area (TPSA) is 74.6 Å². The number of fused-ring (bicyclic) bond motifs is 8. The van der Waals surface area contributed by atoms with Crippen molar-refractivity contribution in [1.82, 2.24) is 29.1 Å². The van der Waals surface area contributed by atoms with Gasteiger partial charge in [0.25, 0.3) is 0 Å². The second kappa shape index (κ2) is 13.2. The van der Waals surface area contributed by atoms with Crippen LogP contribution < -0.4 is 0 Å². The number of oxazole rings is 1. The molecule has 0 saturated heterocycles. The van der Waals surface area contributed by atoms with Crippen LogP contribution in [0.5, 0.6) is 0 Å². The van der Waals surface area contributed by atoms with Gasteiger partial charge in [-0.15, -0.1) is 0 Å². The quantitative estimate of drug-likeness (QED) is 0.169.